The molecule has 2 saturated carbocycles. The highest BCUT2D eigenvalue weighted by Crippen LogP contribution is 2.62. The quantitative estimate of drug-likeness (QED) is 0.520. The fraction of sp³-hybridized carbons (Fsp3) is 0.944. The first-order chi connectivity index (χ1) is 10.1. The molecule has 2 aliphatic rings. The van der Waals surface area contributed by atoms with E-state index in [1.807, 2.05) is 34.6 Å². The van der Waals surface area contributed by atoms with Crippen molar-refractivity contribution in [2.24, 2.45) is 17.3 Å². The monoisotopic (exact) mass is 300 g/mol. The van der Waals surface area contributed by atoms with Crippen LogP contribution in [0, 0.1) is 17.3 Å². The highest BCUT2D eigenvalue weighted by Gasteiger charge is 2.52. The molecule has 3 atom stereocenters. The van der Waals surface area contributed by atoms with Crippen molar-refractivity contribution in [3.05, 3.63) is 0 Å². The molecule has 0 bridgehead atoms. The molecule has 0 amide bonds. The fourth-order valence-electron chi connectivity index (χ4n) is 2.97. The Balaban J connectivity index is 0.000000921. The maximum atomic E-state index is 11.4. The van der Waals surface area contributed by atoms with Gasteiger partial charge >= 0.3 is 5.97 Å². The van der Waals surface area contributed by atoms with Crippen LogP contribution in [0.25, 0.3) is 0 Å². The zero-order valence-corrected chi connectivity index (χ0v) is 15.0. The molecule has 0 heterocycles. The van der Waals surface area contributed by atoms with E-state index in [9.17, 15) is 4.79 Å². The highest BCUT2D eigenvalue weighted by molar-refractivity contribution is 5.69. The first-order valence-corrected chi connectivity index (χ1v) is 8.87. The van der Waals surface area contributed by atoms with E-state index in [1.54, 1.807) is 0 Å². The minimum Gasteiger partial charge on any atom is -0.465 e. The van der Waals surface area contributed by atoms with Crippen LogP contribution < -0.4 is 0 Å². The van der Waals surface area contributed by atoms with Crippen molar-refractivity contribution in [1.82, 2.24) is 0 Å². The average Bonchev–Trinajstić information content (AvgIpc) is 3.20. The van der Waals surface area contributed by atoms with Gasteiger partial charge in [-0.15, -0.1) is 0 Å². The second kappa shape index (κ2) is 11.1. The van der Waals surface area contributed by atoms with Gasteiger partial charge in [-0.05, 0) is 49.9 Å². The summed E-state index contributed by atoms with van der Waals surface area (Å²) < 4.78 is 10.4. The molecule has 0 radical (unpaired) electrons. The molecule has 0 N–H and O–H groups in total. The number of rotatable bonds is 6. The summed E-state index contributed by atoms with van der Waals surface area (Å²) in [7, 11) is 0. The van der Waals surface area contributed by atoms with Crippen LogP contribution in [-0.2, 0) is 14.3 Å². The van der Waals surface area contributed by atoms with Gasteiger partial charge in [0, 0.05) is 6.61 Å². The van der Waals surface area contributed by atoms with Gasteiger partial charge in [0.05, 0.1) is 19.6 Å². The smallest absolute Gasteiger partial charge is 0.308 e. The van der Waals surface area contributed by atoms with E-state index in [0.29, 0.717) is 37.6 Å². The Labute approximate surface area is 131 Å². The lowest BCUT2D eigenvalue weighted by molar-refractivity contribution is -0.146. The van der Waals surface area contributed by atoms with Gasteiger partial charge in [0.1, 0.15) is 0 Å². The van der Waals surface area contributed by atoms with E-state index in [0.717, 1.165) is 5.92 Å². The second-order valence-corrected chi connectivity index (χ2v) is 5.83. The molecule has 0 spiro atoms. The summed E-state index contributed by atoms with van der Waals surface area (Å²) in [5, 5.41) is 0. The van der Waals surface area contributed by atoms with Crippen molar-refractivity contribution < 1.29 is 14.3 Å². The Kier molecular flexibility index (Phi) is 10.8. The number of hydrogen-bond acceptors (Lipinski definition) is 3. The maximum absolute atomic E-state index is 11.4. The first kappa shape index (κ1) is 20.4. The molecule has 0 saturated heterocycles. The third-order valence-corrected chi connectivity index (χ3v) is 4.41. The van der Waals surface area contributed by atoms with E-state index in [1.165, 1.54) is 25.7 Å². The molecular formula is C18H36O3. The Bertz CT molecular complexity index is 278. The van der Waals surface area contributed by atoms with Crippen molar-refractivity contribution in [2.45, 2.75) is 73.6 Å². The SMILES string of the molecule is CC.CC.CCOCCC(=O)OCC1CCC2(C)CC2C1. The van der Waals surface area contributed by atoms with Gasteiger partial charge in [-0.2, -0.15) is 0 Å². The maximum Gasteiger partial charge on any atom is 0.308 e. The zero-order valence-electron chi connectivity index (χ0n) is 15.0. The predicted octanol–water partition coefficient (Wildman–Crippen LogP) is 4.83. The lowest BCUT2D eigenvalue weighted by Crippen LogP contribution is -2.21. The molecule has 2 aliphatic carbocycles. The molecular weight excluding hydrogens is 264 g/mol. The largest absolute Gasteiger partial charge is 0.465 e. The van der Waals surface area contributed by atoms with Crippen molar-refractivity contribution in [3.8, 4) is 0 Å². The number of hydrogen-bond donors (Lipinski definition) is 0. The summed E-state index contributed by atoms with van der Waals surface area (Å²) in [4.78, 5) is 11.4. The molecule has 0 aromatic heterocycles. The van der Waals surface area contributed by atoms with Crippen molar-refractivity contribution in [1.29, 1.82) is 0 Å². The van der Waals surface area contributed by atoms with Crippen molar-refractivity contribution in [2.75, 3.05) is 19.8 Å². The van der Waals surface area contributed by atoms with Gasteiger partial charge in [0.25, 0.3) is 0 Å². The minimum atomic E-state index is -0.109. The van der Waals surface area contributed by atoms with Gasteiger partial charge in [0.15, 0.2) is 0 Å². The van der Waals surface area contributed by atoms with Crippen LogP contribution in [-0.4, -0.2) is 25.8 Å². The minimum absolute atomic E-state index is 0.109. The summed E-state index contributed by atoms with van der Waals surface area (Å²) in [6.07, 6.45) is 5.59. The third kappa shape index (κ3) is 7.30. The molecule has 21 heavy (non-hydrogen) atoms. The fourth-order valence-corrected chi connectivity index (χ4v) is 2.97. The number of esters is 1. The lowest BCUT2D eigenvalue weighted by Gasteiger charge is -2.25. The van der Waals surface area contributed by atoms with Crippen LogP contribution in [0.15, 0.2) is 0 Å². The highest BCUT2D eigenvalue weighted by atomic mass is 16.5. The lowest BCUT2D eigenvalue weighted by atomic mass is 9.83. The van der Waals surface area contributed by atoms with E-state index >= 15 is 0 Å². The van der Waals surface area contributed by atoms with Crippen LogP contribution in [0.3, 0.4) is 0 Å². The third-order valence-electron chi connectivity index (χ3n) is 4.41. The molecule has 126 valence electrons. The van der Waals surface area contributed by atoms with Crippen LogP contribution in [0.5, 0.6) is 0 Å². The number of ether oxygens (including phenoxy) is 2. The Morgan fingerprint density at radius 2 is 1.90 bits per heavy atom. The Hall–Kier alpha value is -0.570. The van der Waals surface area contributed by atoms with Crippen LogP contribution in [0.1, 0.15) is 73.6 Å². The van der Waals surface area contributed by atoms with Crippen LogP contribution >= 0.6 is 0 Å². The average molecular weight is 300 g/mol. The number of carbonyl (C=O) groups is 1. The predicted molar refractivity (Wildman–Crippen MR) is 88.3 cm³/mol. The van der Waals surface area contributed by atoms with Gasteiger partial charge in [-0.3, -0.25) is 4.79 Å². The molecule has 3 unspecified atom stereocenters. The standard InChI is InChI=1S/C14H24O3.2C2H6/c1-3-16-7-5-13(15)17-10-11-4-6-14(2)9-12(14)8-11;2*1-2/h11-12H,3-10H2,1-2H3;2*1-2H3. The summed E-state index contributed by atoms with van der Waals surface area (Å²) in [5.74, 6) is 1.40. The van der Waals surface area contributed by atoms with Crippen LogP contribution in [0.2, 0.25) is 0 Å². The normalized spacial score (nSPS) is 29.0. The summed E-state index contributed by atoms with van der Waals surface area (Å²) >= 11 is 0. The topological polar surface area (TPSA) is 35.5 Å². The summed E-state index contributed by atoms with van der Waals surface area (Å²) in [6, 6.07) is 0. The van der Waals surface area contributed by atoms with E-state index in [2.05, 4.69) is 6.92 Å². The van der Waals surface area contributed by atoms with Crippen LogP contribution in [0.4, 0.5) is 0 Å². The van der Waals surface area contributed by atoms with E-state index < -0.39 is 0 Å². The molecule has 0 aliphatic heterocycles. The number of carbonyl (C=O) groups excluding carboxylic acids is 1. The van der Waals surface area contributed by atoms with Gasteiger partial charge in [-0.25, -0.2) is 0 Å². The molecule has 0 aromatic rings. The summed E-state index contributed by atoms with van der Waals surface area (Å²) in [6.45, 7) is 14.1. The molecule has 2 fully saturated rings. The Morgan fingerprint density at radius 3 is 2.48 bits per heavy atom. The molecule has 3 nitrogen and oxygen atoms in total. The van der Waals surface area contributed by atoms with Gasteiger partial charge in [0.2, 0.25) is 0 Å². The van der Waals surface area contributed by atoms with Gasteiger partial charge < -0.3 is 9.47 Å². The van der Waals surface area contributed by atoms with Crippen molar-refractivity contribution >= 4 is 5.97 Å². The zero-order chi connectivity index (χ0) is 16.3. The Morgan fingerprint density at radius 1 is 1.24 bits per heavy atom. The van der Waals surface area contributed by atoms with E-state index in [4.69, 9.17) is 9.47 Å². The molecule has 2 rings (SSSR count). The number of fused-ring (bicyclic) bond motifs is 1. The van der Waals surface area contributed by atoms with Crippen molar-refractivity contribution in [3.63, 3.8) is 0 Å². The molecule has 3 heteroatoms. The second-order valence-electron chi connectivity index (χ2n) is 5.83. The first-order valence-electron chi connectivity index (χ1n) is 8.87. The molecule has 0 aromatic carbocycles. The van der Waals surface area contributed by atoms with E-state index in [-0.39, 0.29) is 5.97 Å². The van der Waals surface area contributed by atoms with Gasteiger partial charge in [-0.1, -0.05) is 34.6 Å². The summed E-state index contributed by atoms with van der Waals surface area (Å²) in [5.41, 5.74) is 0.648.